The number of hydrogen-bond acceptors (Lipinski definition) is 4. The Morgan fingerprint density at radius 3 is 2.62 bits per heavy atom. The number of morpholine rings is 1. The molecular weight excluding hydrogens is 515 g/mol. The van der Waals surface area contributed by atoms with Crippen LogP contribution in [0.25, 0.3) is 0 Å². The molecule has 1 spiro atoms. The fourth-order valence-corrected chi connectivity index (χ4v) is 6.40. The zero-order valence-corrected chi connectivity index (χ0v) is 21.7. The molecule has 0 bridgehead atoms. The van der Waals surface area contributed by atoms with Gasteiger partial charge >= 0.3 is 0 Å². The molecule has 4 fully saturated rings. The third-order valence-corrected chi connectivity index (χ3v) is 7.95. The zero-order valence-electron chi connectivity index (χ0n) is 19.4. The molecule has 0 aromatic heterocycles. The maximum Gasteiger partial charge on any atom is 0.191 e. The van der Waals surface area contributed by atoms with Gasteiger partial charge in [0.2, 0.25) is 0 Å². The van der Waals surface area contributed by atoms with Crippen molar-refractivity contribution in [2.24, 2.45) is 16.3 Å². The Morgan fingerprint density at radius 2 is 1.88 bits per heavy atom. The second-order valence-electron chi connectivity index (χ2n) is 9.66. The molecule has 2 N–H and O–H groups in total. The summed E-state index contributed by atoms with van der Waals surface area (Å²) >= 11 is 0. The van der Waals surface area contributed by atoms with Gasteiger partial charge in [0.1, 0.15) is 0 Å². The second kappa shape index (κ2) is 11.0. The Labute approximate surface area is 209 Å². The van der Waals surface area contributed by atoms with Crippen LogP contribution in [0.2, 0.25) is 0 Å². The van der Waals surface area contributed by atoms with E-state index in [1.54, 1.807) is 0 Å². The molecule has 2 saturated carbocycles. The summed E-state index contributed by atoms with van der Waals surface area (Å²) in [6, 6.07) is 9.26. The van der Waals surface area contributed by atoms with Crippen LogP contribution < -0.4 is 10.6 Å². The lowest BCUT2D eigenvalue weighted by Gasteiger charge is -2.57. The first-order valence-electron chi connectivity index (χ1n) is 12.3. The highest BCUT2D eigenvalue weighted by atomic mass is 127. The number of halogens is 1. The molecule has 4 aliphatic rings. The molecule has 1 aromatic carbocycles. The third kappa shape index (κ3) is 4.81. The maximum atomic E-state index is 6.16. The largest absolute Gasteiger partial charge is 0.379 e. The van der Waals surface area contributed by atoms with E-state index in [0.717, 1.165) is 52.0 Å². The highest BCUT2D eigenvalue weighted by Crippen LogP contribution is 2.60. The lowest BCUT2D eigenvalue weighted by Crippen LogP contribution is -2.69. The van der Waals surface area contributed by atoms with Crippen molar-refractivity contribution in [3.05, 3.63) is 35.4 Å². The van der Waals surface area contributed by atoms with Crippen LogP contribution in [0.1, 0.15) is 50.2 Å². The number of rotatable bonds is 6. The van der Waals surface area contributed by atoms with E-state index in [0.29, 0.717) is 30.0 Å². The van der Waals surface area contributed by atoms with Crippen LogP contribution in [0.15, 0.2) is 29.3 Å². The van der Waals surface area contributed by atoms with Crippen LogP contribution in [0.5, 0.6) is 0 Å². The minimum Gasteiger partial charge on any atom is -0.379 e. The van der Waals surface area contributed by atoms with Gasteiger partial charge in [-0.2, -0.15) is 0 Å². The van der Waals surface area contributed by atoms with E-state index in [1.807, 2.05) is 0 Å². The van der Waals surface area contributed by atoms with Crippen molar-refractivity contribution in [2.45, 2.75) is 64.3 Å². The normalized spacial score (nSPS) is 29.3. The first-order valence-corrected chi connectivity index (χ1v) is 12.3. The van der Waals surface area contributed by atoms with E-state index in [4.69, 9.17) is 14.5 Å². The van der Waals surface area contributed by atoms with Gasteiger partial charge in [-0.1, -0.05) is 37.1 Å². The van der Waals surface area contributed by atoms with E-state index in [2.05, 4.69) is 46.7 Å². The summed E-state index contributed by atoms with van der Waals surface area (Å²) in [7, 11) is 0. The minimum absolute atomic E-state index is 0. The van der Waals surface area contributed by atoms with E-state index >= 15 is 0 Å². The van der Waals surface area contributed by atoms with Crippen molar-refractivity contribution in [3.8, 4) is 0 Å². The number of aliphatic imine (C=N–C) groups is 1. The Morgan fingerprint density at radius 1 is 1.12 bits per heavy atom. The van der Waals surface area contributed by atoms with Gasteiger partial charge in [-0.05, 0) is 37.3 Å². The topological polar surface area (TPSA) is 58.1 Å². The fourth-order valence-electron chi connectivity index (χ4n) is 6.40. The molecule has 0 amide bonds. The van der Waals surface area contributed by atoms with Crippen LogP contribution in [-0.4, -0.2) is 62.5 Å². The summed E-state index contributed by atoms with van der Waals surface area (Å²) in [6.45, 7) is 9.34. The second-order valence-corrected chi connectivity index (χ2v) is 9.66. The van der Waals surface area contributed by atoms with Gasteiger partial charge in [0.05, 0.1) is 25.9 Å². The maximum absolute atomic E-state index is 6.16. The number of nitrogens with one attached hydrogen (secondary N) is 2. The Hall–Kier alpha value is -0.900. The molecular formula is C25H39IN4O2. The van der Waals surface area contributed by atoms with Crippen molar-refractivity contribution in [1.82, 2.24) is 15.5 Å². The molecule has 32 heavy (non-hydrogen) atoms. The SMILES string of the molecule is CCNC(=NCc1ccccc1CN1CCOCC1)NC1C2CCOC2C12CCCC2.I. The molecule has 2 aliphatic carbocycles. The van der Waals surface area contributed by atoms with Crippen molar-refractivity contribution >= 4 is 29.9 Å². The summed E-state index contributed by atoms with van der Waals surface area (Å²) in [5.41, 5.74) is 3.03. The third-order valence-electron chi connectivity index (χ3n) is 7.95. The van der Waals surface area contributed by atoms with Crippen molar-refractivity contribution in [1.29, 1.82) is 0 Å². The van der Waals surface area contributed by atoms with Gasteiger partial charge in [-0.3, -0.25) is 4.90 Å². The lowest BCUT2D eigenvalue weighted by atomic mass is 9.54. The number of nitrogens with zero attached hydrogens (tertiary/aromatic N) is 2. The Kier molecular flexibility index (Phi) is 8.34. The smallest absolute Gasteiger partial charge is 0.191 e. The molecule has 1 aromatic rings. The summed E-state index contributed by atoms with van der Waals surface area (Å²) in [4.78, 5) is 7.52. The molecule has 2 saturated heterocycles. The number of benzene rings is 1. The molecule has 3 unspecified atom stereocenters. The molecule has 0 radical (unpaired) electrons. The van der Waals surface area contributed by atoms with E-state index < -0.39 is 0 Å². The van der Waals surface area contributed by atoms with E-state index in [9.17, 15) is 0 Å². The van der Waals surface area contributed by atoms with Crippen molar-refractivity contribution < 1.29 is 9.47 Å². The lowest BCUT2D eigenvalue weighted by molar-refractivity contribution is -0.125. The average Bonchev–Trinajstić information content (AvgIpc) is 3.46. The zero-order chi connectivity index (χ0) is 21.1. The number of ether oxygens (including phenoxy) is 2. The highest BCUT2D eigenvalue weighted by molar-refractivity contribution is 14.0. The highest BCUT2D eigenvalue weighted by Gasteiger charge is 2.65. The Bertz CT molecular complexity index is 777. The predicted molar refractivity (Wildman–Crippen MR) is 138 cm³/mol. The summed E-state index contributed by atoms with van der Waals surface area (Å²) in [5.74, 6) is 1.61. The van der Waals surface area contributed by atoms with Crippen molar-refractivity contribution in [3.63, 3.8) is 0 Å². The molecule has 7 heteroatoms. The summed E-state index contributed by atoms with van der Waals surface area (Å²) in [6.07, 6.45) is 6.94. The van der Waals surface area contributed by atoms with Crippen LogP contribution in [-0.2, 0) is 22.6 Å². The van der Waals surface area contributed by atoms with E-state index in [-0.39, 0.29) is 24.0 Å². The van der Waals surface area contributed by atoms with Crippen LogP contribution in [0.4, 0.5) is 0 Å². The summed E-state index contributed by atoms with van der Waals surface area (Å²) < 4.78 is 11.7. The molecule has 6 nitrogen and oxygen atoms in total. The van der Waals surface area contributed by atoms with Gasteiger partial charge in [0.25, 0.3) is 0 Å². The molecule has 2 aliphatic heterocycles. The molecule has 5 rings (SSSR count). The van der Waals surface area contributed by atoms with Gasteiger partial charge in [-0.15, -0.1) is 24.0 Å². The fraction of sp³-hybridized carbons (Fsp3) is 0.720. The first-order chi connectivity index (χ1) is 15.3. The van der Waals surface area contributed by atoms with Gasteiger partial charge in [0.15, 0.2) is 5.96 Å². The predicted octanol–water partition coefficient (Wildman–Crippen LogP) is 3.54. The van der Waals surface area contributed by atoms with Gasteiger partial charge in [0, 0.05) is 50.2 Å². The monoisotopic (exact) mass is 554 g/mol. The van der Waals surface area contributed by atoms with Crippen LogP contribution >= 0.6 is 24.0 Å². The molecule has 3 atom stereocenters. The van der Waals surface area contributed by atoms with E-state index in [1.165, 1.54) is 43.2 Å². The minimum atomic E-state index is 0. The standard InChI is InChI=1S/C25H38N4O2.HI/c1-2-26-24(28-22-21-9-14-31-23(21)25(22)10-5-6-11-25)27-17-19-7-3-4-8-20(19)18-29-12-15-30-16-13-29;/h3-4,7-8,21-23H,2,5-6,9-18H2,1H3,(H2,26,27,28);1H. The first kappa shape index (κ1) is 24.2. The summed E-state index contributed by atoms with van der Waals surface area (Å²) in [5, 5.41) is 7.37. The number of guanidine groups is 1. The number of fused-ring (bicyclic) bond motifs is 2. The van der Waals surface area contributed by atoms with Crippen molar-refractivity contribution in [2.75, 3.05) is 39.5 Å². The number of hydrogen-bond donors (Lipinski definition) is 2. The van der Waals surface area contributed by atoms with Crippen LogP contribution in [0, 0.1) is 11.3 Å². The molecule has 2 heterocycles. The quantitative estimate of drug-likeness (QED) is 0.320. The van der Waals surface area contributed by atoms with Gasteiger partial charge in [-0.25, -0.2) is 4.99 Å². The van der Waals surface area contributed by atoms with Gasteiger partial charge < -0.3 is 20.1 Å². The average molecular weight is 555 g/mol. The Balaban J connectivity index is 0.00000245. The molecule has 178 valence electrons. The van der Waals surface area contributed by atoms with Crippen LogP contribution in [0.3, 0.4) is 0 Å².